The van der Waals surface area contributed by atoms with Gasteiger partial charge < -0.3 is 24.2 Å². The van der Waals surface area contributed by atoms with E-state index in [4.69, 9.17) is 9.47 Å². The number of carbonyl (C=O) groups excluding carboxylic acids is 3. The zero-order valence-corrected chi connectivity index (χ0v) is 13.8. The second-order valence-electron chi connectivity index (χ2n) is 6.25. The van der Waals surface area contributed by atoms with E-state index in [1.54, 1.807) is 20.8 Å². The molecule has 0 aliphatic carbocycles. The summed E-state index contributed by atoms with van der Waals surface area (Å²) in [5, 5.41) is 0. The smallest absolute Gasteiger partial charge is 0.248 e. The number of methoxy groups -OCH3 is 1. The summed E-state index contributed by atoms with van der Waals surface area (Å²) in [6.07, 6.45) is 2.00. The third-order valence-corrected chi connectivity index (χ3v) is 4.88. The molecule has 0 saturated carbocycles. The predicted molar refractivity (Wildman–Crippen MR) is 84.0 cm³/mol. The standard InChI is InChI=1S/C16H23N3O5/c1-3-8-24-12-4-5-19-14(12)16(22)18-7-6-17(13(20)10-23-2)9-11(18)15(19)21/h3,11-12,14H,1,4-10H2,2H3/t11-,12-,14+/m1/s1. The van der Waals surface area contributed by atoms with Crippen LogP contribution in [-0.2, 0) is 23.9 Å². The van der Waals surface area contributed by atoms with Crippen molar-refractivity contribution >= 4 is 17.7 Å². The van der Waals surface area contributed by atoms with Crippen molar-refractivity contribution in [1.82, 2.24) is 14.7 Å². The Morgan fingerprint density at radius 3 is 2.75 bits per heavy atom. The Morgan fingerprint density at radius 2 is 2.04 bits per heavy atom. The van der Waals surface area contributed by atoms with Crippen LogP contribution in [0, 0.1) is 0 Å². The van der Waals surface area contributed by atoms with Crippen molar-refractivity contribution in [3.8, 4) is 0 Å². The molecule has 3 fully saturated rings. The maximum absolute atomic E-state index is 12.9. The Morgan fingerprint density at radius 1 is 1.25 bits per heavy atom. The number of fused-ring (bicyclic) bond motifs is 2. The van der Waals surface area contributed by atoms with Crippen LogP contribution in [0.2, 0.25) is 0 Å². The van der Waals surface area contributed by atoms with Gasteiger partial charge in [-0.1, -0.05) is 6.08 Å². The second-order valence-corrected chi connectivity index (χ2v) is 6.25. The number of nitrogens with zero attached hydrogens (tertiary/aromatic N) is 3. The fourth-order valence-corrected chi connectivity index (χ4v) is 3.73. The molecule has 8 heteroatoms. The molecule has 0 bridgehead atoms. The molecule has 0 aromatic heterocycles. The van der Waals surface area contributed by atoms with Gasteiger partial charge in [-0.05, 0) is 6.42 Å². The summed E-state index contributed by atoms with van der Waals surface area (Å²) < 4.78 is 10.5. The Kier molecular flexibility index (Phi) is 4.86. The van der Waals surface area contributed by atoms with Gasteiger partial charge in [-0.25, -0.2) is 0 Å². The van der Waals surface area contributed by atoms with Crippen LogP contribution in [-0.4, -0.2) is 97.1 Å². The molecule has 3 heterocycles. The summed E-state index contributed by atoms with van der Waals surface area (Å²) in [6.45, 7) is 5.48. The van der Waals surface area contributed by atoms with E-state index >= 15 is 0 Å². The first-order valence-corrected chi connectivity index (χ1v) is 8.18. The molecule has 0 spiro atoms. The zero-order chi connectivity index (χ0) is 17.3. The molecule has 3 atom stereocenters. The van der Waals surface area contributed by atoms with E-state index in [1.807, 2.05) is 0 Å². The molecular weight excluding hydrogens is 314 g/mol. The van der Waals surface area contributed by atoms with Crippen molar-refractivity contribution in [3.63, 3.8) is 0 Å². The van der Waals surface area contributed by atoms with Crippen molar-refractivity contribution < 1.29 is 23.9 Å². The van der Waals surface area contributed by atoms with Gasteiger partial charge in [-0.3, -0.25) is 14.4 Å². The highest BCUT2D eigenvalue weighted by molar-refractivity contribution is 5.98. The van der Waals surface area contributed by atoms with Crippen LogP contribution in [0.3, 0.4) is 0 Å². The molecule has 3 rings (SSSR count). The highest BCUT2D eigenvalue weighted by Crippen LogP contribution is 2.30. The molecule has 3 amide bonds. The third kappa shape index (κ3) is 2.80. The van der Waals surface area contributed by atoms with Crippen LogP contribution in [0.4, 0.5) is 0 Å². The molecule has 3 saturated heterocycles. The monoisotopic (exact) mass is 337 g/mol. The summed E-state index contributed by atoms with van der Waals surface area (Å²) in [5.41, 5.74) is 0. The van der Waals surface area contributed by atoms with E-state index in [0.29, 0.717) is 32.7 Å². The fraction of sp³-hybridized carbons (Fsp3) is 0.688. The van der Waals surface area contributed by atoms with E-state index in [9.17, 15) is 14.4 Å². The molecule has 3 aliphatic rings. The number of rotatable bonds is 5. The lowest BCUT2D eigenvalue weighted by Gasteiger charge is -2.48. The SMILES string of the molecule is C=CCO[C@@H]1CCN2C(=O)[C@H]3CN(C(=O)COC)CCN3C(=O)[C@H]12. The van der Waals surface area contributed by atoms with Crippen molar-refractivity contribution in [2.24, 2.45) is 0 Å². The van der Waals surface area contributed by atoms with Crippen molar-refractivity contribution in [3.05, 3.63) is 12.7 Å². The zero-order valence-electron chi connectivity index (χ0n) is 13.8. The molecule has 0 aromatic carbocycles. The van der Waals surface area contributed by atoms with Gasteiger partial charge in [-0.15, -0.1) is 6.58 Å². The van der Waals surface area contributed by atoms with Crippen LogP contribution in [0.15, 0.2) is 12.7 Å². The summed E-state index contributed by atoms with van der Waals surface area (Å²) in [4.78, 5) is 42.5. The Labute approximate surface area is 140 Å². The van der Waals surface area contributed by atoms with Gasteiger partial charge in [0.15, 0.2) is 0 Å². The Balaban J connectivity index is 1.74. The minimum absolute atomic E-state index is 0.0152. The van der Waals surface area contributed by atoms with Crippen LogP contribution >= 0.6 is 0 Å². The van der Waals surface area contributed by atoms with Crippen molar-refractivity contribution in [2.75, 3.05) is 46.5 Å². The Hall–Kier alpha value is -1.93. The number of hydrogen-bond acceptors (Lipinski definition) is 5. The largest absolute Gasteiger partial charge is 0.375 e. The van der Waals surface area contributed by atoms with Crippen LogP contribution in [0.5, 0.6) is 0 Å². The quantitative estimate of drug-likeness (QED) is 0.593. The summed E-state index contributed by atoms with van der Waals surface area (Å²) in [7, 11) is 1.46. The lowest BCUT2D eigenvalue weighted by atomic mass is 10.0. The topological polar surface area (TPSA) is 79.4 Å². The average Bonchev–Trinajstić information content (AvgIpc) is 3.02. The minimum atomic E-state index is -0.596. The summed E-state index contributed by atoms with van der Waals surface area (Å²) >= 11 is 0. The van der Waals surface area contributed by atoms with Gasteiger partial charge >= 0.3 is 0 Å². The normalized spacial score (nSPS) is 29.5. The Bertz CT molecular complexity index is 552. The van der Waals surface area contributed by atoms with Crippen LogP contribution in [0.1, 0.15) is 6.42 Å². The van der Waals surface area contributed by atoms with E-state index in [2.05, 4.69) is 6.58 Å². The molecule has 0 unspecified atom stereocenters. The van der Waals surface area contributed by atoms with Gasteiger partial charge in [0.25, 0.3) is 0 Å². The van der Waals surface area contributed by atoms with E-state index in [0.717, 1.165) is 0 Å². The number of hydrogen-bond donors (Lipinski definition) is 0. The molecule has 132 valence electrons. The first-order chi connectivity index (χ1) is 11.6. The van der Waals surface area contributed by atoms with Gasteiger partial charge in [0, 0.05) is 26.7 Å². The fourth-order valence-electron chi connectivity index (χ4n) is 3.73. The maximum Gasteiger partial charge on any atom is 0.248 e. The highest BCUT2D eigenvalue weighted by Gasteiger charge is 2.53. The van der Waals surface area contributed by atoms with Gasteiger partial charge in [0.2, 0.25) is 17.7 Å². The summed E-state index contributed by atoms with van der Waals surface area (Å²) in [6, 6.07) is -1.14. The predicted octanol–water partition coefficient (Wildman–Crippen LogP) is -1.14. The highest BCUT2D eigenvalue weighted by atomic mass is 16.5. The van der Waals surface area contributed by atoms with E-state index in [1.165, 1.54) is 7.11 Å². The molecule has 0 N–H and O–H groups in total. The van der Waals surface area contributed by atoms with E-state index < -0.39 is 12.1 Å². The van der Waals surface area contributed by atoms with Gasteiger partial charge in [0.05, 0.1) is 19.3 Å². The molecule has 0 radical (unpaired) electrons. The van der Waals surface area contributed by atoms with Gasteiger partial charge in [-0.2, -0.15) is 0 Å². The first kappa shape index (κ1) is 16.9. The number of ether oxygens (including phenoxy) is 2. The lowest BCUT2D eigenvalue weighted by Crippen LogP contribution is -2.70. The van der Waals surface area contributed by atoms with Crippen molar-refractivity contribution in [1.29, 1.82) is 0 Å². The average molecular weight is 337 g/mol. The first-order valence-electron chi connectivity index (χ1n) is 8.18. The third-order valence-electron chi connectivity index (χ3n) is 4.88. The molecular formula is C16H23N3O5. The molecule has 0 aromatic rings. The minimum Gasteiger partial charge on any atom is -0.375 e. The molecule has 24 heavy (non-hydrogen) atoms. The number of amides is 3. The van der Waals surface area contributed by atoms with Crippen molar-refractivity contribution in [2.45, 2.75) is 24.6 Å². The molecule has 3 aliphatic heterocycles. The number of piperazine rings is 2. The summed E-state index contributed by atoms with van der Waals surface area (Å²) in [5.74, 6) is -0.336. The lowest BCUT2D eigenvalue weighted by molar-refractivity contribution is -0.168. The van der Waals surface area contributed by atoms with Gasteiger partial charge in [0.1, 0.15) is 18.7 Å². The second kappa shape index (κ2) is 6.90. The number of carbonyl (C=O) groups is 3. The van der Waals surface area contributed by atoms with Crippen LogP contribution < -0.4 is 0 Å². The van der Waals surface area contributed by atoms with E-state index in [-0.39, 0.29) is 37.0 Å². The van der Waals surface area contributed by atoms with Crippen LogP contribution in [0.25, 0.3) is 0 Å². The maximum atomic E-state index is 12.9. The molecule has 8 nitrogen and oxygen atoms in total.